The van der Waals surface area contributed by atoms with E-state index in [0.29, 0.717) is 20.5 Å². The molecular weight excluding hydrogens is 353 g/mol. The maximum atomic E-state index is 13.4. The first-order chi connectivity index (χ1) is 10.3. The normalized spacial score (nSPS) is 14.1. The third-order valence-electron chi connectivity index (χ3n) is 2.73. The topological polar surface area (TPSA) is 71.4 Å². The van der Waals surface area contributed by atoms with Crippen molar-refractivity contribution in [2.75, 3.05) is 0 Å². The summed E-state index contributed by atoms with van der Waals surface area (Å²) in [5.41, 5.74) is 6.64. The molecule has 7 heteroatoms. The van der Waals surface area contributed by atoms with Gasteiger partial charge < -0.3 is 15.7 Å². The van der Waals surface area contributed by atoms with Crippen molar-refractivity contribution in [1.82, 2.24) is 4.98 Å². The maximum Gasteiger partial charge on any atom is 0.403 e. The number of halogens is 2. The van der Waals surface area contributed by atoms with Crippen molar-refractivity contribution in [2.45, 2.75) is 20.0 Å². The quantitative estimate of drug-likeness (QED) is 0.263. The minimum atomic E-state index is -0.578. The van der Waals surface area contributed by atoms with Crippen LogP contribution in [0, 0.1) is 0 Å². The van der Waals surface area contributed by atoms with Crippen LogP contribution in [0.15, 0.2) is 52.6 Å². The Balaban J connectivity index is 3.18. The molecule has 5 nitrogen and oxygen atoms in total. The van der Waals surface area contributed by atoms with Gasteiger partial charge in [0.05, 0.1) is 4.47 Å². The molecule has 0 aliphatic carbocycles. The lowest BCUT2D eigenvalue weighted by molar-refractivity contribution is -0.709. The van der Waals surface area contributed by atoms with Gasteiger partial charge in [0, 0.05) is 17.3 Å². The summed E-state index contributed by atoms with van der Waals surface area (Å²) in [7, 11) is 0. The number of pyridine rings is 1. The van der Waals surface area contributed by atoms with Gasteiger partial charge in [-0.15, -0.1) is 0 Å². The van der Waals surface area contributed by atoms with Gasteiger partial charge in [0.2, 0.25) is 5.75 Å². The van der Waals surface area contributed by atoms with Crippen LogP contribution in [0.4, 0.5) is 10.2 Å². The lowest BCUT2D eigenvalue weighted by Crippen LogP contribution is -2.18. The summed E-state index contributed by atoms with van der Waals surface area (Å²) in [4.78, 5) is 4.00. The second-order valence-electron chi connectivity index (χ2n) is 4.51. The molecule has 1 aromatic rings. The van der Waals surface area contributed by atoms with Crippen molar-refractivity contribution < 1.29 is 19.1 Å². The summed E-state index contributed by atoms with van der Waals surface area (Å²) in [6, 6.07) is 1.62. The minimum Gasteiger partial charge on any atom is -0.478 e. The zero-order chi connectivity index (χ0) is 16.9. The number of rotatable bonds is 6. The Kier molecular flexibility index (Phi) is 6.30. The fraction of sp³-hybridized carbons (Fsp3) is 0.200. The van der Waals surface area contributed by atoms with E-state index >= 15 is 0 Å². The van der Waals surface area contributed by atoms with Crippen molar-refractivity contribution in [3.8, 4) is 5.75 Å². The summed E-state index contributed by atoms with van der Waals surface area (Å²) < 4.78 is 20.4. The number of nitrogens with zero attached hydrogens (tertiary/aromatic N) is 2. The first kappa shape index (κ1) is 17.9. The van der Waals surface area contributed by atoms with Crippen LogP contribution < -0.4 is 10.5 Å². The number of allylic oxidation sites excluding steroid dienone is 3. The maximum absolute atomic E-state index is 13.4. The highest BCUT2D eigenvalue weighted by Gasteiger charge is 2.21. The molecule has 0 bridgehead atoms. The fourth-order valence-electron chi connectivity index (χ4n) is 1.71. The van der Waals surface area contributed by atoms with Gasteiger partial charge in [-0.3, -0.25) is 0 Å². The Morgan fingerprint density at radius 1 is 1.64 bits per heavy atom. The highest BCUT2D eigenvalue weighted by Crippen LogP contribution is 2.29. The van der Waals surface area contributed by atoms with E-state index in [0.717, 1.165) is 6.08 Å². The average molecular weight is 371 g/mol. The van der Waals surface area contributed by atoms with Crippen molar-refractivity contribution in [3.05, 3.63) is 52.6 Å². The van der Waals surface area contributed by atoms with Gasteiger partial charge in [-0.1, -0.05) is 11.3 Å². The molecule has 0 aliphatic rings. The molecule has 0 saturated heterocycles. The van der Waals surface area contributed by atoms with Gasteiger partial charge in [0.1, 0.15) is 18.6 Å². The number of hydrogen-bond acceptors (Lipinski definition) is 4. The first-order valence-corrected chi connectivity index (χ1v) is 7.13. The van der Waals surface area contributed by atoms with Crippen LogP contribution in [0.3, 0.4) is 0 Å². The molecule has 0 amide bonds. The lowest BCUT2D eigenvalue weighted by atomic mass is 10.1. The van der Waals surface area contributed by atoms with E-state index in [2.05, 4.69) is 34.2 Å². The Labute approximate surface area is 137 Å². The summed E-state index contributed by atoms with van der Waals surface area (Å²) >= 11 is 3.27. The second-order valence-corrected chi connectivity index (χ2v) is 5.42. The Bertz CT molecular complexity index is 652. The van der Waals surface area contributed by atoms with Gasteiger partial charge in [-0.2, -0.15) is 0 Å². The van der Waals surface area contributed by atoms with Gasteiger partial charge in [-0.25, -0.2) is 4.39 Å². The largest absolute Gasteiger partial charge is 0.478 e. The molecule has 0 spiro atoms. The number of aromatic nitrogens is 1. The monoisotopic (exact) mass is 370 g/mol. The van der Waals surface area contributed by atoms with Crippen LogP contribution >= 0.6 is 15.9 Å². The third kappa shape index (κ3) is 4.70. The molecule has 118 valence electrons. The third-order valence-corrected chi connectivity index (χ3v) is 3.16. The molecule has 22 heavy (non-hydrogen) atoms. The van der Waals surface area contributed by atoms with Crippen molar-refractivity contribution in [1.29, 1.82) is 0 Å². The van der Waals surface area contributed by atoms with Gasteiger partial charge in [0.25, 0.3) is 0 Å². The number of hydrogen-bond donors (Lipinski definition) is 2. The molecule has 0 radical (unpaired) electrons. The summed E-state index contributed by atoms with van der Waals surface area (Å²) in [5.74, 6) is -0.133. The van der Waals surface area contributed by atoms with Crippen LogP contribution in [0.5, 0.6) is 5.75 Å². The zero-order valence-corrected chi connectivity index (χ0v) is 14.0. The van der Waals surface area contributed by atoms with E-state index in [1.165, 1.54) is 12.3 Å². The molecule has 0 saturated carbocycles. The number of ether oxygens (including phenoxy) is 1. The summed E-state index contributed by atoms with van der Waals surface area (Å²) in [6.07, 6.45) is 3.24. The first-order valence-electron chi connectivity index (χ1n) is 6.33. The van der Waals surface area contributed by atoms with Gasteiger partial charge in [0.15, 0.2) is 6.20 Å². The predicted octanol–water partition coefficient (Wildman–Crippen LogP) is 3.62. The summed E-state index contributed by atoms with van der Waals surface area (Å²) in [6.45, 7) is 10.1. The van der Waals surface area contributed by atoms with E-state index in [1.807, 2.05) is 0 Å². The van der Waals surface area contributed by atoms with E-state index in [1.54, 1.807) is 19.9 Å². The zero-order valence-electron chi connectivity index (χ0n) is 12.4. The Morgan fingerprint density at radius 3 is 2.77 bits per heavy atom. The van der Waals surface area contributed by atoms with Crippen LogP contribution in [0.2, 0.25) is 0 Å². The molecule has 3 N–H and O–H groups in total. The standard InChI is InChI=1S/C15H18BrFN3O2/c1-5-12(17)7-13(9(2)18)10(3)22-14-6-11(16)8-19-15(14)20(4)21/h5-8,10,21H,1,4,18H2,2-3H3/q+1/b12-7+,13-9-. The molecule has 1 unspecified atom stereocenters. The Hall–Kier alpha value is -2.15. The smallest absolute Gasteiger partial charge is 0.403 e. The van der Waals surface area contributed by atoms with Crippen molar-refractivity contribution in [2.24, 2.45) is 5.73 Å². The van der Waals surface area contributed by atoms with Crippen LogP contribution in [-0.4, -0.2) is 27.8 Å². The summed E-state index contributed by atoms with van der Waals surface area (Å²) in [5, 5.41) is 9.48. The molecule has 0 aromatic carbocycles. The second kappa shape index (κ2) is 7.74. The molecule has 1 heterocycles. The fourth-order valence-corrected chi connectivity index (χ4v) is 2.02. The Morgan fingerprint density at radius 2 is 2.27 bits per heavy atom. The van der Waals surface area contributed by atoms with Crippen LogP contribution in [0.1, 0.15) is 13.8 Å². The van der Waals surface area contributed by atoms with E-state index in [-0.39, 0.29) is 11.6 Å². The molecule has 0 fully saturated rings. The molecular formula is C15H18BrFN3O2+. The van der Waals surface area contributed by atoms with Gasteiger partial charge >= 0.3 is 5.82 Å². The average Bonchev–Trinajstić information content (AvgIpc) is 2.43. The number of nitrogens with two attached hydrogens (primary N) is 1. The molecule has 1 rings (SSSR count). The van der Waals surface area contributed by atoms with Crippen LogP contribution in [-0.2, 0) is 0 Å². The van der Waals surface area contributed by atoms with E-state index in [9.17, 15) is 9.60 Å². The molecule has 1 atom stereocenters. The lowest BCUT2D eigenvalue weighted by Gasteiger charge is -2.17. The van der Waals surface area contributed by atoms with Crippen molar-refractivity contribution in [3.63, 3.8) is 0 Å². The van der Waals surface area contributed by atoms with E-state index in [4.69, 9.17) is 10.5 Å². The molecule has 0 aliphatic heterocycles. The SMILES string of the molecule is C=C/C(F)=C\C(=C(/C)N)C(C)Oc1cc(Br)cnc1[N+](=C)O. The highest BCUT2D eigenvalue weighted by atomic mass is 79.9. The highest BCUT2D eigenvalue weighted by molar-refractivity contribution is 9.10. The van der Waals surface area contributed by atoms with Gasteiger partial charge in [-0.05, 0) is 46.9 Å². The van der Waals surface area contributed by atoms with E-state index < -0.39 is 11.9 Å². The van der Waals surface area contributed by atoms with Crippen LogP contribution in [0.25, 0.3) is 0 Å². The van der Waals surface area contributed by atoms with Crippen molar-refractivity contribution >= 4 is 28.5 Å². The predicted molar refractivity (Wildman–Crippen MR) is 87.1 cm³/mol. The minimum absolute atomic E-state index is 0.122. The molecule has 1 aromatic heterocycles.